The summed E-state index contributed by atoms with van der Waals surface area (Å²) in [6.07, 6.45) is -0.910. The molecule has 3 atom stereocenters. The van der Waals surface area contributed by atoms with E-state index < -0.39 is 24.0 Å². The lowest BCUT2D eigenvalue weighted by molar-refractivity contribution is -0.143. The maximum Gasteiger partial charge on any atom is 0.337 e. The zero-order valence-corrected chi connectivity index (χ0v) is 18.0. The van der Waals surface area contributed by atoms with Gasteiger partial charge in [0.05, 0.1) is 30.9 Å². The highest BCUT2D eigenvalue weighted by atomic mass is 16.7. The SMILES string of the molecule is COC(=O)c1ccc([C@H]2[C@@H]3C(=O)N(Cc4ccccc4)C(=O)[C@H]3ON2c2ccccc2)cc1. The number of rotatable bonds is 5. The number of carbonyl (C=O) groups excluding carboxylic acids is 3. The fourth-order valence-electron chi connectivity index (χ4n) is 4.47. The molecule has 3 aromatic carbocycles. The number of fused-ring (bicyclic) bond motifs is 1. The van der Waals surface area contributed by atoms with Crippen molar-refractivity contribution in [2.45, 2.75) is 18.7 Å². The number of imide groups is 1. The predicted molar refractivity (Wildman–Crippen MR) is 120 cm³/mol. The number of anilines is 1. The van der Waals surface area contributed by atoms with Crippen LogP contribution >= 0.6 is 0 Å². The summed E-state index contributed by atoms with van der Waals surface area (Å²) in [6, 6.07) is 25.1. The summed E-state index contributed by atoms with van der Waals surface area (Å²) in [6.45, 7) is 0.203. The molecule has 166 valence electrons. The molecule has 7 heteroatoms. The molecule has 3 aromatic rings. The van der Waals surface area contributed by atoms with Gasteiger partial charge in [0.2, 0.25) is 5.91 Å². The number of hydrogen-bond acceptors (Lipinski definition) is 6. The Hall–Kier alpha value is -3.97. The zero-order valence-electron chi connectivity index (χ0n) is 18.0. The Morgan fingerprint density at radius 1 is 0.879 bits per heavy atom. The summed E-state index contributed by atoms with van der Waals surface area (Å²) >= 11 is 0. The van der Waals surface area contributed by atoms with Gasteiger partial charge in [0.1, 0.15) is 5.92 Å². The number of esters is 1. The number of likely N-dealkylation sites (tertiary alicyclic amines) is 1. The van der Waals surface area contributed by atoms with Crippen LogP contribution in [-0.2, 0) is 25.7 Å². The first-order valence-electron chi connectivity index (χ1n) is 10.7. The molecule has 0 N–H and O–H groups in total. The molecule has 5 rings (SSSR count). The second-order valence-electron chi connectivity index (χ2n) is 8.02. The summed E-state index contributed by atoms with van der Waals surface area (Å²) in [5, 5.41) is 1.64. The third-order valence-corrected chi connectivity index (χ3v) is 6.07. The Morgan fingerprint density at radius 3 is 2.15 bits per heavy atom. The summed E-state index contributed by atoms with van der Waals surface area (Å²) in [5.41, 5.74) is 2.78. The van der Waals surface area contributed by atoms with Crippen LogP contribution in [0.25, 0.3) is 0 Å². The van der Waals surface area contributed by atoms with Crippen molar-refractivity contribution in [3.63, 3.8) is 0 Å². The van der Waals surface area contributed by atoms with Crippen molar-refractivity contribution in [3.8, 4) is 0 Å². The number of amides is 2. The Labute approximate surface area is 191 Å². The van der Waals surface area contributed by atoms with Gasteiger partial charge in [-0.05, 0) is 35.4 Å². The van der Waals surface area contributed by atoms with Gasteiger partial charge in [-0.15, -0.1) is 0 Å². The van der Waals surface area contributed by atoms with Crippen LogP contribution in [-0.4, -0.2) is 35.9 Å². The number of nitrogens with zero attached hydrogens (tertiary/aromatic N) is 2. The number of benzene rings is 3. The second kappa shape index (κ2) is 8.52. The van der Waals surface area contributed by atoms with E-state index in [1.54, 1.807) is 29.3 Å². The fraction of sp³-hybridized carbons (Fsp3) is 0.192. The lowest BCUT2D eigenvalue weighted by atomic mass is 9.90. The largest absolute Gasteiger partial charge is 0.465 e. The molecule has 2 aliphatic rings. The van der Waals surface area contributed by atoms with E-state index >= 15 is 0 Å². The van der Waals surface area contributed by atoms with E-state index in [1.807, 2.05) is 60.7 Å². The molecule has 2 aliphatic heterocycles. The molecule has 2 fully saturated rings. The van der Waals surface area contributed by atoms with E-state index in [9.17, 15) is 14.4 Å². The second-order valence-corrected chi connectivity index (χ2v) is 8.02. The molecule has 0 unspecified atom stereocenters. The summed E-state index contributed by atoms with van der Waals surface area (Å²) in [4.78, 5) is 46.0. The van der Waals surface area contributed by atoms with E-state index in [-0.39, 0.29) is 18.4 Å². The molecule has 2 heterocycles. The number of hydroxylamine groups is 1. The van der Waals surface area contributed by atoms with Gasteiger partial charge in [0, 0.05) is 0 Å². The van der Waals surface area contributed by atoms with Gasteiger partial charge in [-0.1, -0.05) is 60.7 Å². The lowest BCUT2D eigenvalue weighted by Crippen LogP contribution is -2.36. The van der Waals surface area contributed by atoms with Crippen LogP contribution in [0.2, 0.25) is 0 Å². The van der Waals surface area contributed by atoms with Crippen LogP contribution in [0.3, 0.4) is 0 Å². The highest BCUT2D eigenvalue weighted by Crippen LogP contribution is 2.46. The molecule has 2 amide bonds. The molecule has 0 saturated carbocycles. The molecule has 7 nitrogen and oxygen atoms in total. The van der Waals surface area contributed by atoms with Crippen molar-refractivity contribution in [3.05, 3.63) is 102 Å². The van der Waals surface area contributed by atoms with Gasteiger partial charge < -0.3 is 4.74 Å². The Balaban J connectivity index is 1.51. The monoisotopic (exact) mass is 442 g/mol. The van der Waals surface area contributed by atoms with Gasteiger partial charge in [-0.25, -0.2) is 9.86 Å². The van der Waals surface area contributed by atoms with Crippen LogP contribution in [0.15, 0.2) is 84.9 Å². The summed E-state index contributed by atoms with van der Waals surface area (Å²) in [7, 11) is 1.33. The van der Waals surface area contributed by atoms with Gasteiger partial charge in [-0.2, -0.15) is 0 Å². The minimum atomic E-state index is -0.910. The van der Waals surface area contributed by atoms with Gasteiger partial charge in [-0.3, -0.25) is 19.3 Å². The normalized spacial score (nSPS) is 21.9. The van der Waals surface area contributed by atoms with Crippen molar-refractivity contribution in [1.82, 2.24) is 4.90 Å². The molecule has 0 spiro atoms. The molecule has 2 saturated heterocycles. The first-order chi connectivity index (χ1) is 16.1. The van der Waals surface area contributed by atoms with Crippen LogP contribution in [0.4, 0.5) is 5.69 Å². The van der Waals surface area contributed by atoms with E-state index in [0.29, 0.717) is 5.56 Å². The average Bonchev–Trinajstić information content (AvgIpc) is 3.37. The minimum Gasteiger partial charge on any atom is -0.465 e. The third-order valence-electron chi connectivity index (χ3n) is 6.07. The first kappa shape index (κ1) is 20.9. The van der Waals surface area contributed by atoms with Crippen molar-refractivity contribution in [2.24, 2.45) is 5.92 Å². The standard InChI is InChI=1S/C26H22N2O5/c1-32-26(31)19-14-12-18(13-15-19)22-21-23(33-28(22)20-10-6-3-7-11-20)25(30)27(24(21)29)16-17-8-4-2-5-9-17/h2-15,21-23H,16H2,1H3/t21-,22-,23-/m0/s1. The number of methoxy groups -OCH3 is 1. The van der Waals surface area contributed by atoms with Crippen molar-refractivity contribution >= 4 is 23.5 Å². The summed E-state index contributed by atoms with van der Waals surface area (Å²) < 4.78 is 4.78. The van der Waals surface area contributed by atoms with E-state index in [2.05, 4.69) is 0 Å². The van der Waals surface area contributed by atoms with Gasteiger partial charge >= 0.3 is 5.97 Å². The number of hydrogen-bond donors (Lipinski definition) is 0. The smallest absolute Gasteiger partial charge is 0.337 e. The average molecular weight is 442 g/mol. The number of para-hydroxylation sites is 1. The molecular formula is C26H22N2O5. The topological polar surface area (TPSA) is 76.2 Å². The molecule has 33 heavy (non-hydrogen) atoms. The van der Waals surface area contributed by atoms with Gasteiger partial charge in [0.25, 0.3) is 5.91 Å². The number of carbonyl (C=O) groups is 3. The Kier molecular flexibility index (Phi) is 5.40. The van der Waals surface area contributed by atoms with Crippen molar-refractivity contribution < 1.29 is 24.0 Å². The van der Waals surface area contributed by atoms with Crippen LogP contribution < -0.4 is 5.06 Å². The maximum atomic E-state index is 13.5. The van der Waals surface area contributed by atoms with E-state index in [0.717, 1.165) is 16.8 Å². The quantitative estimate of drug-likeness (QED) is 0.445. The Morgan fingerprint density at radius 2 is 1.52 bits per heavy atom. The van der Waals surface area contributed by atoms with E-state index in [1.165, 1.54) is 12.0 Å². The fourth-order valence-corrected chi connectivity index (χ4v) is 4.47. The lowest BCUT2D eigenvalue weighted by Gasteiger charge is -2.28. The maximum absolute atomic E-state index is 13.5. The zero-order chi connectivity index (χ0) is 22.9. The van der Waals surface area contributed by atoms with Crippen LogP contribution in [0, 0.1) is 5.92 Å². The predicted octanol–water partition coefficient (Wildman–Crippen LogP) is 3.52. The van der Waals surface area contributed by atoms with E-state index in [4.69, 9.17) is 9.57 Å². The van der Waals surface area contributed by atoms with Gasteiger partial charge in [0.15, 0.2) is 6.10 Å². The third kappa shape index (κ3) is 3.66. The highest BCUT2D eigenvalue weighted by Gasteiger charge is 2.59. The van der Waals surface area contributed by atoms with Crippen LogP contribution in [0.1, 0.15) is 27.5 Å². The Bertz CT molecular complexity index is 1180. The number of ether oxygens (including phenoxy) is 1. The molecule has 0 aromatic heterocycles. The molecule has 0 radical (unpaired) electrons. The molecule has 0 bridgehead atoms. The first-order valence-corrected chi connectivity index (χ1v) is 10.7. The molecule has 0 aliphatic carbocycles. The molecular weight excluding hydrogens is 420 g/mol. The highest BCUT2D eigenvalue weighted by molar-refractivity contribution is 6.07. The van der Waals surface area contributed by atoms with Crippen molar-refractivity contribution in [2.75, 3.05) is 12.2 Å². The minimum absolute atomic E-state index is 0.203. The van der Waals surface area contributed by atoms with Crippen molar-refractivity contribution in [1.29, 1.82) is 0 Å². The summed E-state index contributed by atoms with van der Waals surface area (Å²) in [5.74, 6) is -1.76. The van der Waals surface area contributed by atoms with Crippen LogP contribution in [0.5, 0.6) is 0 Å².